The number of amides is 1. The van der Waals surface area contributed by atoms with Crippen LogP contribution in [0.15, 0.2) is 0 Å². The Balaban J connectivity index is 0.00000162. The molecule has 6 heteroatoms. The molecule has 3 unspecified atom stereocenters. The van der Waals surface area contributed by atoms with Crippen molar-refractivity contribution in [3.8, 4) is 0 Å². The molecule has 0 radical (unpaired) electrons. The van der Waals surface area contributed by atoms with E-state index in [-0.39, 0.29) is 36.6 Å². The summed E-state index contributed by atoms with van der Waals surface area (Å²) in [5, 5.41) is 0. The first-order chi connectivity index (χ1) is 8.26. The SMILES string of the molecule is COC(CN)CC(=O)N1CCOC2CCCC21.Cl. The second-order valence-corrected chi connectivity index (χ2v) is 4.79. The average molecular weight is 279 g/mol. The maximum atomic E-state index is 12.2. The molecule has 5 nitrogen and oxygen atoms in total. The molecule has 1 saturated heterocycles. The molecule has 1 aliphatic carbocycles. The number of hydrogen-bond donors (Lipinski definition) is 1. The van der Waals surface area contributed by atoms with Crippen molar-refractivity contribution in [2.24, 2.45) is 5.73 Å². The van der Waals surface area contributed by atoms with Crippen molar-refractivity contribution in [2.45, 2.75) is 43.9 Å². The van der Waals surface area contributed by atoms with Crippen molar-refractivity contribution in [3.63, 3.8) is 0 Å². The summed E-state index contributed by atoms with van der Waals surface area (Å²) in [5.74, 6) is 0.155. The minimum absolute atomic E-state index is 0. The monoisotopic (exact) mass is 278 g/mol. The fraction of sp³-hybridized carbons (Fsp3) is 0.917. The van der Waals surface area contributed by atoms with Gasteiger partial charge in [-0.15, -0.1) is 12.4 Å². The number of methoxy groups -OCH3 is 1. The Morgan fingerprint density at radius 2 is 2.33 bits per heavy atom. The number of halogens is 1. The molecule has 1 amide bonds. The second-order valence-electron chi connectivity index (χ2n) is 4.79. The van der Waals surface area contributed by atoms with Crippen LogP contribution in [0.25, 0.3) is 0 Å². The minimum atomic E-state index is -0.162. The number of carbonyl (C=O) groups excluding carboxylic acids is 1. The van der Waals surface area contributed by atoms with Crippen molar-refractivity contribution < 1.29 is 14.3 Å². The summed E-state index contributed by atoms with van der Waals surface area (Å²) in [6.45, 7) is 1.76. The van der Waals surface area contributed by atoms with Crippen LogP contribution >= 0.6 is 12.4 Å². The predicted molar refractivity (Wildman–Crippen MR) is 70.8 cm³/mol. The van der Waals surface area contributed by atoms with Gasteiger partial charge in [-0.05, 0) is 19.3 Å². The van der Waals surface area contributed by atoms with E-state index in [2.05, 4.69) is 0 Å². The molecule has 0 aromatic heterocycles. The summed E-state index contributed by atoms with van der Waals surface area (Å²) in [5.41, 5.74) is 5.55. The quantitative estimate of drug-likeness (QED) is 0.816. The summed E-state index contributed by atoms with van der Waals surface area (Å²) >= 11 is 0. The molecule has 3 atom stereocenters. The van der Waals surface area contributed by atoms with Crippen LogP contribution in [0.3, 0.4) is 0 Å². The molecule has 106 valence electrons. The van der Waals surface area contributed by atoms with Gasteiger partial charge in [0.2, 0.25) is 5.91 Å². The number of carbonyl (C=O) groups is 1. The summed E-state index contributed by atoms with van der Waals surface area (Å²) in [6.07, 6.45) is 3.78. The van der Waals surface area contributed by atoms with Gasteiger partial charge in [0, 0.05) is 20.2 Å². The highest BCUT2D eigenvalue weighted by Gasteiger charge is 2.38. The van der Waals surface area contributed by atoms with Gasteiger partial charge in [-0.25, -0.2) is 0 Å². The van der Waals surface area contributed by atoms with Crippen molar-refractivity contribution in [2.75, 3.05) is 26.8 Å². The molecule has 1 aliphatic heterocycles. The molecule has 1 saturated carbocycles. The Kier molecular flexibility index (Phi) is 6.35. The third kappa shape index (κ3) is 3.35. The van der Waals surface area contributed by atoms with E-state index < -0.39 is 0 Å². The molecular weight excluding hydrogens is 256 g/mol. The summed E-state index contributed by atoms with van der Waals surface area (Å²) in [4.78, 5) is 14.2. The molecule has 0 aromatic carbocycles. The Hall–Kier alpha value is -0.360. The van der Waals surface area contributed by atoms with Crippen LogP contribution < -0.4 is 5.73 Å². The lowest BCUT2D eigenvalue weighted by atomic mass is 10.1. The highest BCUT2D eigenvalue weighted by atomic mass is 35.5. The van der Waals surface area contributed by atoms with E-state index in [1.54, 1.807) is 7.11 Å². The number of nitrogens with zero attached hydrogens (tertiary/aromatic N) is 1. The van der Waals surface area contributed by atoms with Crippen LogP contribution in [0.1, 0.15) is 25.7 Å². The van der Waals surface area contributed by atoms with Gasteiger partial charge in [-0.1, -0.05) is 0 Å². The Labute approximate surface area is 114 Å². The zero-order valence-corrected chi connectivity index (χ0v) is 11.7. The van der Waals surface area contributed by atoms with Crippen molar-refractivity contribution in [3.05, 3.63) is 0 Å². The molecule has 0 spiro atoms. The molecule has 2 fully saturated rings. The summed E-state index contributed by atoms with van der Waals surface area (Å²) in [7, 11) is 1.60. The number of fused-ring (bicyclic) bond motifs is 1. The van der Waals surface area contributed by atoms with Gasteiger partial charge in [-0.2, -0.15) is 0 Å². The number of hydrogen-bond acceptors (Lipinski definition) is 4. The van der Waals surface area contributed by atoms with Crippen LogP contribution in [0, 0.1) is 0 Å². The molecule has 2 N–H and O–H groups in total. The third-order valence-electron chi connectivity index (χ3n) is 3.80. The van der Waals surface area contributed by atoms with Gasteiger partial charge in [0.1, 0.15) is 0 Å². The molecular formula is C12H23ClN2O3. The summed E-state index contributed by atoms with van der Waals surface area (Å²) in [6, 6.07) is 0.284. The van der Waals surface area contributed by atoms with Crippen molar-refractivity contribution in [1.29, 1.82) is 0 Å². The lowest BCUT2D eigenvalue weighted by Gasteiger charge is -2.38. The predicted octanol–water partition coefficient (Wildman–Crippen LogP) is 0.552. The second kappa shape index (κ2) is 7.28. The first-order valence-corrected chi connectivity index (χ1v) is 6.40. The maximum Gasteiger partial charge on any atom is 0.225 e. The number of nitrogens with two attached hydrogens (primary N) is 1. The van der Waals surface area contributed by atoms with Crippen LogP contribution in [0.4, 0.5) is 0 Å². The van der Waals surface area contributed by atoms with Gasteiger partial charge in [0.05, 0.1) is 31.3 Å². The maximum absolute atomic E-state index is 12.2. The standard InChI is InChI=1S/C12H22N2O3.ClH/c1-16-9(8-13)7-12(15)14-5-6-17-11-4-2-3-10(11)14;/h9-11H,2-8,13H2,1H3;1H. The zero-order valence-electron chi connectivity index (χ0n) is 10.8. The first-order valence-electron chi connectivity index (χ1n) is 6.40. The van der Waals surface area contributed by atoms with Crippen LogP contribution in [0.5, 0.6) is 0 Å². The molecule has 2 aliphatic rings. The molecule has 1 heterocycles. The van der Waals surface area contributed by atoms with Crippen LogP contribution in [-0.2, 0) is 14.3 Å². The van der Waals surface area contributed by atoms with Gasteiger partial charge >= 0.3 is 0 Å². The van der Waals surface area contributed by atoms with E-state index in [1.807, 2.05) is 4.90 Å². The largest absolute Gasteiger partial charge is 0.380 e. The van der Waals surface area contributed by atoms with E-state index in [0.717, 1.165) is 19.3 Å². The first kappa shape index (κ1) is 15.7. The molecule has 2 rings (SSSR count). The Morgan fingerprint density at radius 1 is 1.56 bits per heavy atom. The number of morpholine rings is 1. The van der Waals surface area contributed by atoms with E-state index in [9.17, 15) is 4.79 Å². The number of ether oxygens (including phenoxy) is 2. The fourth-order valence-corrected chi connectivity index (χ4v) is 2.81. The molecule has 0 bridgehead atoms. The normalized spacial score (nSPS) is 28.4. The van der Waals surface area contributed by atoms with Gasteiger partial charge in [0.25, 0.3) is 0 Å². The lowest BCUT2D eigenvalue weighted by molar-refractivity contribution is -0.146. The van der Waals surface area contributed by atoms with E-state index in [4.69, 9.17) is 15.2 Å². The van der Waals surface area contributed by atoms with Crippen molar-refractivity contribution in [1.82, 2.24) is 4.90 Å². The van der Waals surface area contributed by atoms with E-state index >= 15 is 0 Å². The minimum Gasteiger partial charge on any atom is -0.380 e. The average Bonchev–Trinajstić information content (AvgIpc) is 2.83. The molecule has 18 heavy (non-hydrogen) atoms. The van der Waals surface area contributed by atoms with Gasteiger partial charge < -0.3 is 20.1 Å². The topological polar surface area (TPSA) is 64.8 Å². The van der Waals surface area contributed by atoms with Gasteiger partial charge in [-0.3, -0.25) is 4.79 Å². The highest BCUT2D eigenvalue weighted by molar-refractivity contribution is 5.85. The third-order valence-corrected chi connectivity index (χ3v) is 3.80. The van der Waals surface area contributed by atoms with Crippen molar-refractivity contribution >= 4 is 18.3 Å². The Morgan fingerprint density at radius 3 is 3.00 bits per heavy atom. The number of rotatable bonds is 4. The highest BCUT2D eigenvalue weighted by Crippen LogP contribution is 2.30. The van der Waals surface area contributed by atoms with Crippen LogP contribution in [-0.4, -0.2) is 55.9 Å². The van der Waals surface area contributed by atoms with E-state index in [0.29, 0.717) is 26.1 Å². The van der Waals surface area contributed by atoms with E-state index in [1.165, 1.54) is 0 Å². The lowest BCUT2D eigenvalue weighted by Crippen LogP contribution is -2.52. The fourth-order valence-electron chi connectivity index (χ4n) is 2.81. The summed E-state index contributed by atoms with van der Waals surface area (Å²) < 4.78 is 10.9. The Bertz CT molecular complexity index is 274. The van der Waals surface area contributed by atoms with Gasteiger partial charge in [0.15, 0.2) is 0 Å². The van der Waals surface area contributed by atoms with Crippen LogP contribution in [0.2, 0.25) is 0 Å². The zero-order chi connectivity index (χ0) is 12.3. The smallest absolute Gasteiger partial charge is 0.225 e. The molecule has 0 aromatic rings.